The first-order valence-corrected chi connectivity index (χ1v) is 7.41. The number of hydrogen-bond donors (Lipinski definition) is 2. The van der Waals surface area contributed by atoms with E-state index in [0.29, 0.717) is 22.3 Å². The molecule has 0 spiro atoms. The standard InChI is InChI=1S/C16H15N4O5/c1-2-25-12-7-8-13-14(9-12)18(21)15(16(17)19(13)22)10-3-5-11(6-4-10)20(23)24/h3-9,21H,2,17H2,1H3/q+1. The Balaban J connectivity index is 2.27. The lowest BCUT2D eigenvalue weighted by Crippen LogP contribution is -2.25. The number of anilines is 1. The number of aromatic nitrogens is 2. The molecular weight excluding hydrogens is 328 g/mol. The summed E-state index contributed by atoms with van der Waals surface area (Å²) in [6.45, 7) is 2.24. The van der Waals surface area contributed by atoms with Crippen LogP contribution in [0.3, 0.4) is 0 Å². The van der Waals surface area contributed by atoms with Crippen molar-refractivity contribution >= 4 is 22.5 Å². The lowest BCUT2D eigenvalue weighted by atomic mass is 10.1. The van der Waals surface area contributed by atoms with Gasteiger partial charge in [0.05, 0.1) is 11.5 Å². The molecule has 9 nitrogen and oxygen atoms in total. The fourth-order valence-corrected chi connectivity index (χ4v) is 2.57. The zero-order valence-electron chi connectivity index (χ0n) is 13.2. The van der Waals surface area contributed by atoms with Crippen LogP contribution in [0.1, 0.15) is 6.92 Å². The van der Waals surface area contributed by atoms with Crippen molar-refractivity contribution in [2.24, 2.45) is 0 Å². The largest absolute Gasteiger partial charge is 0.494 e. The lowest BCUT2D eigenvalue weighted by Gasteiger charge is -2.10. The van der Waals surface area contributed by atoms with Crippen LogP contribution in [0.15, 0.2) is 42.5 Å². The topological polar surface area (TPSA) is 127 Å². The molecule has 3 N–H and O–H groups in total. The number of nitrogens with zero attached hydrogens (tertiary/aromatic N) is 3. The summed E-state index contributed by atoms with van der Waals surface area (Å²) in [6.07, 6.45) is 0. The number of nitrogen functional groups attached to an aromatic ring is 1. The third kappa shape index (κ3) is 2.71. The molecule has 0 amide bonds. The minimum atomic E-state index is -0.539. The molecule has 0 atom stereocenters. The molecule has 3 rings (SSSR count). The average molecular weight is 343 g/mol. The van der Waals surface area contributed by atoms with Crippen LogP contribution in [0.5, 0.6) is 5.75 Å². The Morgan fingerprint density at radius 3 is 2.56 bits per heavy atom. The molecule has 0 radical (unpaired) electrons. The molecule has 0 fully saturated rings. The van der Waals surface area contributed by atoms with Crippen molar-refractivity contribution in [1.82, 2.24) is 4.73 Å². The van der Waals surface area contributed by atoms with E-state index in [2.05, 4.69) is 0 Å². The Labute approximate surface area is 141 Å². The molecular formula is C16H15N4O5+. The van der Waals surface area contributed by atoms with E-state index < -0.39 is 4.92 Å². The van der Waals surface area contributed by atoms with E-state index in [1.54, 1.807) is 6.07 Å². The zero-order valence-corrected chi connectivity index (χ0v) is 13.2. The monoisotopic (exact) mass is 343 g/mol. The van der Waals surface area contributed by atoms with E-state index in [1.165, 1.54) is 36.4 Å². The van der Waals surface area contributed by atoms with Crippen molar-refractivity contribution in [1.29, 1.82) is 0 Å². The van der Waals surface area contributed by atoms with Crippen molar-refractivity contribution in [3.8, 4) is 17.0 Å². The summed E-state index contributed by atoms with van der Waals surface area (Å²) in [7, 11) is 0. The van der Waals surface area contributed by atoms with Crippen LogP contribution in [0.2, 0.25) is 0 Å². The highest BCUT2D eigenvalue weighted by Crippen LogP contribution is 2.29. The Morgan fingerprint density at radius 2 is 1.96 bits per heavy atom. The van der Waals surface area contributed by atoms with Gasteiger partial charge in [0, 0.05) is 28.2 Å². The van der Waals surface area contributed by atoms with Crippen LogP contribution >= 0.6 is 0 Å². The van der Waals surface area contributed by atoms with Gasteiger partial charge in [0.25, 0.3) is 5.69 Å². The fourth-order valence-electron chi connectivity index (χ4n) is 2.57. The molecule has 0 bridgehead atoms. The van der Waals surface area contributed by atoms with Crippen LogP contribution < -0.4 is 14.9 Å². The summed E-state index contributed by atoms with van der Waals surface area (Å²) in [6, 6.07) is 9.97. The Hall–Kier alpha value is -3.62. The van der Waals surface area contributed by atoms with Gasteiger partial charge in [-0.25, -0.2) is 0 Å². The van der Waals surface area contributed by atoms with Gasteiger partial charge >= 0.3 is 5.82 Å². The molecule has 0 saturated carbocycles. The average Bonchev–Trinajstić information content (AvgIpc) is 2.61. The predicted octanol–water partition coefficient (Wildman–Crippen LogP) is 2.35. The van der Waals surface area contributed by atoms with Crippen LogP contribution in [-0.2, 0) is 0 Å². The van der Waals surface area contributed by atoms with E-state index in [-0.39, 0.29) is 28.2 Å². The Bertz CT molecular complexity index is 1030. The Kier molecular flexibility index (Phi) is 3.97. The highest BCUT2D eigenvalue weighted by atomic mass is 16.6. The van der Waals surface area contributed by atoms with E-state index in [9.17, 15) is 20.2 Å². The second kappa shape index (κ2) is 6.11. The summed E-state index contributed by atoms with van der Waals surface area (Å²) >= 11 is 0. The molecule has 0 aliphatic carbocycles. The molecule has 0 aliphatic rings. The first-order chi connectivity index (χ1) is 11.9. The number of nitrogens with two attached hydrogens (primary N) is 1. The molecule has 9 heteroatoms. The van der Waals surface area contributed by atoms with Gasteiger partial charge in [-0.1, -0.05) is 4.91 Å². The zero-order chi connectivity index (χ0) is 18.1. The summed E-state index contributed by atoms with van der Waals surface area (Å²) in [5.41, 5.74) is 6.52. The van der Waals surface area contributed by atoms with Crippen LogP contribution in [0.25, 0.3) is 22.3 Å². The molecule has 1 aromatic heterocycles. The van der Waals surface area contributed by atoms with Gasteiger partial charge in [-0.05, 0) is 31.2 Å². The number of non-ortho nitro benzene ring substituents is 1. The number of hydrogen-bond acceptors (Lipinski definition) is 6. The molecule has 0 saturated heterocycles. The van der Waals surface area contributed by atoms with Gasteiger partial charge < -0.3 is 9.94 Å². The van der Waals surface area contributed by atoms with Gasteiger partial charge in [0.15, 0.2) is 5.69 Å². The molecule has 2 aromatic carbocycles. The van der Waals surface area contributed by atoms with Crippen molar-refractivity contribution in [2.45, 2.75) is 6.92 Å². The van der Waals surface area contributed by atoms with Gasteiger partial charge in [0.2, 0.25) is 5.52 Å². The van der Waals surface area contributed by atoms with E-state index in [1.807, 2.05) is 6.92 Å². The van der Waals surface area contributed by atoms with Crippen molar-refractivity contribution in [3.05, 3.63) is 57.5 Å². The summed E-state index contributed by atoms with van der Waals surface area (Å²) in [5, 5.41) is 21.3. The van der Waals surface area contributed by atoms with Gasteiger partial charge in [-0.2, -0.15) is 4.73 Å². The maximum Gasteiger partial charge on any atom is 0.345 e. The highest BCUT2D eigenvalue weighted by molar-refractivity contribution is 5.80. The minimum Gasteiger partial charge on any atom is -0.494 e. The number of nitro benzene ring substituents is 1. The number of fused-ring (bicyclic) bond motifs is 1. The maximum atomic E-state index is 12.4. The van der Waals surface area contributed by atoms with E-state index in [4.69, 9.17) is 10.5 Å². The highest BCUT2D eigenvalue weighted by Gasteiger charge is 2.22. The molecule has 25 heavy (non-hydrogen) atoms. The van der Waals surface area contributed by atoms with Crippen LogP contribution in [-0.4, -0.2) is 21.5 Å². The second-order valence-electron chi connectivity index (χ2n) is 5.23. The third-order valence-corrected chi connectivity index (χ3v) is 3.73. The smallest absolute Gasteiger partial charge is 0.345 e. The van der Waals surface area contributed by atoms with Crippen molar-refractivity contribution in [3.63, 3.8) is 0 Å². The van der Waals surface area contributed by atoms with Gasteiger partial charge in [-0.3, -0.25) is 15.8 Å². The lowest BCUT2D eigenvalue weighted by molar-refractivity contribution is -0.447. The van der Waals surface area contributed by atoms with Gasteiger partial charge in [0.1, 0.15) is 11.3 Å². The normalized spacial score (nSPS) is 10.8. The maximum absolute atomic E-state index is 12.4. The first kappa shape index (κ1) is 16.2. The number of rotatable bonds is 4. The fraction of sp³-hybridized carbons (Fsp3) is 0.125. The Morgan fingerprint density at radius 1 is 1.28 bits per heavy atom. The molecule has 3 aromatic rings. The second-order valence-corrected chi connectivity index (χ2v) is 5.23. The molecule has 0 aliphatic heterocycles. The third-order valence-electron chi connectivity index (χ3n) is 3.73. The quantitative estimate of drug-likeness (QED) is 0.324. The number of ether oxygens (including phenoxy) is 1. The van der Waals surface area contributed by atoms with Crippen molar-refractivity contribution in [2.75, 3.05) is 12.3 Å². The number of nitro groups is 1. The minimum absolute atomic E-state index is 0.0334. The number of benzene rings is 2. The van der Waals surface area contributed by atoms with E-state index >= 15 is 0 Å². The van der Waals surface area contributed by atoms with Crippen molar-refractivity contribution < 1.29 is 19.3 Å². The molecule has 128 valence electrons. The molecule has 1 heterocycles. The summed E-state index contributed by atoms with van der Waals surface area (Å²) in [4.78, 5) is 22.7. The van der Waals surface area contributed by atoms with E-state index in [0.717, 1.165) is 4.73 Å². The summed E-state index contributed by atoms with van der Waals surface area (Å²) in [5.74, 6) is 0.255. The first-order valence-electron chi connectivity index (χ1n) is 7.41. The predicted molar refractivity (Wildman–Crippen MR) is 90.2 cm³/mol. The van der Waals surface area contributed by atoms with Crippen LogP contribution in [0, 0.1) is 15.0 Å². The van der Waals surface area contributed by atoms with Gasteiger partial charge in [-0.15, -0.1) is 0 Å². The summed E-state index contributed by atoms with van der Waals surface area (Å²) < 4.78 is 6.66. The van der Waals surface area contributed by atoms with Crippen LogP contribution in [0.4, 0.5) is 11.5 Å². The SMILES string of the molecule is CCOc1ccc2c(c1)n(O)c(-c1ccc([N+](=O)[O-])cc1)c(N)[n+]2=O. The molecule has 0 unspecified atom stereocenters.